The summed E-state index contributed by atoms with van der Waals surface area (Å²) in [5, 5.41) is 16.4. The highest BCUT2D eigenvalue weighted by Gasteiger charge is 2.17. The lowest BCUT2D eigenvalue weighted by Gasteiger charge is -2.09. The van der Waals surface area contributed by atoms with Crippen LogP contribution >= 0.6 is 11.8 Å². The Labute approximate surface area is 150 Å². The Morgan fingerprint density at radius 3 is 3.04 bits per heavy atom. The van der Waals surface area contributed by atoms with Crippen LogP contribution < -0.4 is 10.00 Å². The Kier molecular flexibility index (Phi) is 5.66. The number of rotatable bonds is 5. The third kappa shape index (κ3) is 4.37. The van der Waals surface area contributed by atoms with Gasteiger partial charge in [-0.1, -0.05) is 22.9 Å². The number of thioether (sulfide) groups is 1. The van der Waals surface area contributed by atoms with Crippen molar-refractivity contribution in [3.63, 3.8) is 0 Å². The number of amides is 1. The monoisotopic (exact) mass is 358 g/mol. The molecule has 25 heavy (non-hydrogen) atoms. The zero-order valence-electron chi connectivity index (χ0n) is 14.1. The first-order valence-corrected chi connectivity index (χ1v) is 9.40. The molecule has 2 aromatic heterocycles. The largest absolute Gasteiger partial charge is 0.302 e. The number of carbonyl (C=O) groups is 1. The second-order valence-corrected chi connectivity index (χ2v) is 6.84. The van der Waals surface area contributed by atoms with E-state index in [4.69, 9.17) is 4.52 Å². The highest BCUT2D eigenvalue weighted by molar-refractivity contribution is 8.00. The van der Waals surface area contributed by atoms with Crippen LogP contribution in [0, 0.1) is 11.3 Å². The van der Waals surface area contributed by atoms with Crippen molar-refractivity contribution >= 4 is 23.6 Å². The summed E-state index contributed by atoms with van der Waals surface area (Å²) in [4.78, 5) is 16.7. The van der Waals surface area contributed by atoms with Crippen molar-refractivity contribution < 1.29 is 14.0 Å². The topological polar surface area (TPSA) is 95.7 Å². The lowest BCUT2D eigenvalue weighted by Crippen LogP contribution is -2.32. The number of aromatic nitrogens is 3. The molecule has 2 heterocycles. The van der Waals surface area contributed by atoms with E-state index in [1.165, 1.54) is 23.7 Å². The zero-order chi connectivity index (χ0) is 17.6. The van der Waals surface area contributed by atoms with Gasteiger partial charge < -0.3 is 0 Å². The summed E-state index contributed by atoms with van der Waals surface area (Å²) in [7, 11) is 0. The van der Waals surface area contributed by atoms with Crippen LogP contribution in [0.2, 0.25) is 0 Å². The van der Waals surface area contributed by atoms with E-state index in [1.807, 2.05) is 13.0 Å². The van der Waals surface area contributed by atoms with E-state index in [9.17, 15) is 10.1 Å². The minimum absolute atomic E-state index is 0.160. The SMILES string of the molecule is CC[n+]1cc(NC(=O)CSc2nc3c(cc2C#N)CCCCC3)on1. The quantitative estimate of drug-likeness (QED) is 0.500. The first kappa shape index (κ1) is 17.4. The highest BCUT2D eigenvalue weighted by atomic mass is 32.2. The minimum atomic E-state index is -0.218. The molecule has 0 fully saturated rings. The van der Waals surface area contributed by atoms with Gasteiger partial charge >= 0.3 is 5.88 Å². The predicted molar refractivity (Wildman–Crippen MR) is 91.9 cm³/mol. The summed E-state index contributed by atoms with van der Waals surface area (Å²) >= 11 is 1.28. The molecule has 0 saturated heterocycles. The number of fused-ring (bicyclic) bond motifs is 1. The third-order valence-electron chi connectivity index (χ3n) is 4.07. The molecule has 0 radical (unpaired) electrons. The Balaban J connectivity index is 1.66. The molecule has 3 rings (SSSR count). The maximum Gasteiger partial charge on any atom is 0.302 e. The summed E-state index contributed by atoms with van der Waals surface area (Å²) in [6.45, 7) is 2.59. The number of pyridine rings is 1. The first-order chi connectivity index (χ1) is 12.2. The van der Waals surface area contributed by atoms with Gasteiger partial charge in [0.05, 0.1) is 11.3 Å². The second-order valence-electron chi connectivity index (χ2n) is 5.88. The van der Waals surface area contributed by atoms with Crippen LogP contribution in [0.25, 0.3) is 0 Å². The molecule has 1 aliphatic carbocycles. The van der Waals surface area contributed by atoms with E-state index >= 15 is 0 Å². The number of carbonyl (C=O) groups excluding carboxylic acids is 1. The normalized spacial score (nSPS) is 13.6. The van der Waals surface area contributed by atoms with Gasteiger partial charge in [-0.3, -0.25) is 14.6 Å². The van der Waals surface area contributed by atoms with Gasteiger partial charge in [0.2, 0.25) is 11.2 Å². The van der Waals surface area contributed by atoms with Crippen molar-refractivity contribution in [3.05, 3.63) is 29.1 Å². The van der Waals surface area contributed by atoms with Crippen LogP contribution in [0.3, 0.4) is 0 Å². The molecule has 7 nitrogen and oxygen atoms in total. The van der Waals surface area contributed by atoms with Gasteiger partial charge in [0.1, 0.15) is 11.1 Å². The molecule has 0 aliphatic heterocycles. The Morgan fingerprint density at radius 2 is 2.28 bits per heavy atom. The number of nitriles is 1. The molecule has 1 amide bonds. The predicted octanol–water partition coefficient (Wildman–Crippen LogP) is 2.25. The number of nitrogens with zero attached hydrogens (tertiary/aromatic N) is 4. The molecular formula is C17H20N5O2S+. The van der Waals surface area contributed by atoms with Gasteiger partial charge in [-0.2, -0.15) is 5.26 Å². The Hall–Kier alpha value is -2.40. The molecule has 0 bridgehead atoms. The molecule has 0 saturated carbocycles. The van der Waals surface area contributed by atoms with E-state index in [0.29, 0.717) is 23.0 Å². The molecule has 2 aromatic rings. The van der Waals surface area contributed by atoms with Gasteiger partial charge in [-0.05, 0) is 44.2 Å². The molecule has 8 heteroatoms. The number of hydrogen-bond acceptors (Lipinski definition) is 6. The van der Waals surface area contributed by atoms with Gasteiger partial charge in [-0.25, -0.2) is 4.98 Å². The van der Waals surface area contributed by atoms with Gasteiger partial charge in [-0.15, -0.1) is 0 Å². The smallest absolute Gasteiger partial charge is 0.288 e. The average Bonchev–Trinajstić information content (AvgIpc) is 2.95. The first-order valence-electron chi connectivity index (χ1n) is 8.41. The molecule has 0 atom stereocenters. The molecule has 130 valence electrons. The van der Waals surface area contributed by atoms with Gasteiger partial charge in [0, 0.05) is 5.69 Å². The molecule has 0 unspecified atom stereocenters. The molecule has 1 aliphatic rings. The number of anilines is 1. The van der Waals surface area contributed by atoms with Crippen molar-refractivity contribution in [2.45, 2.75) is 50.6 Å². The van der Waals surface area contributed by atoms with Crippen LogP contribution in [0.4, 0.5) is 5.88 Å². The van der Waals surface area contributed by atoms with Crippen molar-refractivity contribution in [2.24, 2.45) is 0 Å². The summed E-state index contributed by atoms with van der Waals surface area (Å²) in [6.07, 6.45) is 7.01. The maximum absolute atomic E-state index is 12.1. The number of nitrogens with one attached hydrogen (secondary N) is 1. The van der Waals surface area contributed by atoms with Crippen molar-refractivity contribution in [1.29, 1.82) is 5.26 Å². The van der Waals surface area contributed by atoms with E-state index in [1.54, 1.807) is 10.9 Å². The van der Waals surface area contributed by atoms with Crippen LogP contribution in [-0.4, -0.2) is 21.9 Å². The summed E-state index contributed by atoms with van der Waals surface area (Å²) < 4.78 is 6.60. The average molecular weight is 358 g/mol. The maximum atomic E-state index is 12.1. The molecular weight excluding hydrogens is 338 g/mol. The van der Waals surface area contributed by atoms with Crippen molar-refractivity contribution in [3.8, 4) is 6.07 Å². The van der Waals surface area contributed by atoms with E-state index < -0.39 is 0 Å². The van der Waals surface area contributed by atoms with Gasteiger partial charge in [0.15, 0.2) is 6.54 Å². The van der Waals surface area contributed by atoms with Crippen LogP contribution in [0.1, 0.15) is 43.0 Å². The summed E-state index contributed by atoms with van der Waals surface area (Å²) in [5.74, 6) is 0.251. The highest BCUT2D eigenvalue weighted by Crippen LogP contribution is 2.27. The number of hydrogen-bond donors (Lipinski definition) is 1. The van der Waals surface area contributed by atoms with E-state index in [2.05, 4.69) is 21.6 Å². The molecule has 0 spiro atoms. The van der Waals surface area contributed by atoms with E-state index in [0.717, 1.165) is 31.4 Å². The fourth-order valence-electron chi connectivity index (χ4n) is 2.77. The zero-order valence-corrected chi connectivity index (χ0v) is 14.9. The van der Waals surface area contributed by atoms with Gasteiger partial charge in [0.25, 0.3) is 6.20 Å². The fourth-order valence-corrected chi connectivity index (χ4v) is 3.55. The molecule has 1 N–H and O–H groups in total. The Morgan fingerprint density at radius 1 is 1.44 bits per heavy atom. The molecule has 0 aromatic carbocycles. The fraction of sp³-hybridized carbons (Fsp3) is 0.471. The third-order valence-corrected chi connectivity index (χ3v) is 5.06. The minimum Gasteiger partial charge on any atom is -0.288 e. The summed E-state index contributed by atoms with van der Waals surface area (Å²) in [6, 6.07) is 4.14. The summed E-state index contributed by atoms with van der Waals surface area (Å²) in [5.41, 5.74) is 2.79. The van der Waals surface area contributed by atoms with Crippen molar-refractivity contribution in [2.75, 3.05) is 11.1 Å². The standard InChI is InChI=1S/C17H19N5O2S/c1-2-22-10-16(24-21-22)20-15(23)11-25-17-13(9-18)8-12-6-4-3-5-7-14(12)19-17/h8,10H,2-7,11H2,1H3/p+1. The lowest BCUT2D eigenvalue weighted by atomic mass is 10.1. The van der Waals surface area contributed by atoms with Crippen molar-refractivity contribution in [1.82, 2.24) is 10.3 Å². The Bertz CT molecular complexity index is 812. The van der Waals surface area contributed by atoms with E-state index in [-0.39, 0.29) is 11.7 Å². The second kappa shape index (κ2) is 8.12. The number of aryl methyl sites for hydroxylation is 3. The van der Waals surface area contributed by atoms with Crippen LogP contribution in [0.15, 0.2) is 21.8 Å². The van der Waals surface area contributed by atoms with Crippen LogP contribution in [-0.2, 0) is 24.2 Å². The van der Waals surface area contributed by atoms with Crippen LogP contribution in [0.5, 0.6) is 0 Å². The lowest BCUT2D eigenvalue weighted by molar-refractivity contribution is -0.759.